The van der Waals surface area contributed by atoms with E-state index in [9.17, 15) is 20.2 Å². The molecule has 1 heterocycles. The van der Waals surface area contributed by atoms with E-state index >= 15 is 0 Å². The molecule has 0 bridgehead atoms. The fraction of sp³-hybridized carbons (Fsp3) is 0.333. The zero-order chi connectivity index (χ0) is 18.2. The summed E-state index contributed by atoms with van der Waals surface area (Å²) >= 11 is 3.32. The number of nitrogens with zero attached hydrogens (tertiary/aromatic N) is 3. The molecular weight excluding hydrogens is 385 g/mol. The zero-order valence-corrected chi connectivity index (χ0v) is 14.6. The predicted molar refractivity (Wildman–Crippen MR) is 91.8 cm³/mol. The molecular formula is C18H13BrFN5. The number of nitrogens with one attached hydrogen (secondary N) is 2. The Balaban J connectivity index is 2.26. The fourth-order valence-corrected chi connectivity index (χ4v) is 4.20. The summed E-state index contributed by atoms with van der Waals surface area (Å²) in [6, 6.07) is 10.4. The van der Waals surface area contributed by atoms with E-state index in [1.807, 2.05) is 18.2 Å². The molecule has 1 saturated carbocycles. The Hall–Kier alpha value is -2.53. The number of rotatable bonds is 1. The maximum atomic E-state index is 14.5. The Labute approximate surface area is 153 Å². The smallest absolute Gasteiger partial charge is 0.203 e. The zero-order valence-electron chi connectivity index (χ0n) is 13.1. The standard InChI is InChI=1S/C18H13BrFN5/c19-10-1-2-15(20)11(5-10)16-12(6-21)17(24)18(8-22,9-23)14-3-4-25-7-13(14)16/h1-3,5,12-13,16,24-25H,4,7H2. The Morgan fingerprint density at radius 1 is 1.28 bits per heavy atom. The van der Waals surface area contributed by atoms with E-state index in [-0.39, 0.29) is 5.71 Å². The van der Waals surface area contributed by atoms with Crippen molar-refractivity contribution in [1.82, 2.24) is 5.32 Å². The Kier molecular flexibility index (Phi) is 4.43. The highest BCUT2D eigenvalue weighted by atomic mass is 79.9. The van der Waals surface area contributed by atoms with Crippen LogP contribution in [0.15, 0.2) is 34.3 Å². The monoisotopic (exact) mass is 397 g/mol. The van der Waals surface area contributed by atoms with Gasteiger partial charge in [0.15, 0.2) is 0 Å². The first-order valence-corrected chi connectivity index (χ1v) is 8.46. The van der Waals surface area contributed by atoms with Crippen LogP contribution >= 0.6 is 15.9 Å². The van der Waals surface area contributed by atoms with Crippen molar-refractivity contribution in [3.8, 4) is 18.2 Å². The average molecular weight is 398 g/mol. The van der Waals surface area contributed by atoms with Crippen molar-refractivity contribution in [2.45, 2.75) is 5.92 Å². The van der Waals surface area contributed by atoms with Crippen molar-refractivity contribution in [2.75, 3.05) is 13.1 Å². The summed E-state index contributed by atoms with van der Waals surface area (Å²) in [5.74, 6) is -2.56. The first-order chi connectivity index (χ1) is 12.0. The van der Waals surface area contributed by atoms with E-state index in [1.165, 1.54) is 6.07 Å². The molecule has 1 fully saturated rings. The van der Waals surface area contributed by atoms with Crippen LogP contribution in [0.25, 0.3) is 0 Å². The lowest BCUT2D eigenvalue weighted by molar-refractivity contribution is 0.348. The van der Waals surface area contributed by atoms with Gasteiger partial charge < -0.3 is 10.7 Å². The molecule has 7 heteroatoms. The highest BCUT2D eigenvalue weighted by molar-refractivity contribution is 9.10. The molecule has 1 aromatic carbocycles. The fourth-order valence-electron chi connectivity index (χ4n) is 3.82. The van der Waals surface area contributed by atoms with Gasteiger partial charge in [-0.15, -0.1) is 0 Å². The van der Waals surface area contributed by atoms with Gasteiger partial charge in [-0.3, -0.25) is 0 Å². The van der Waals surface area contributed by atoms with Gasteiger partial charge >= 0.3 is 0 Å². The lowest BCUT2D eigenvalue weighted by Crippen LogP contribution is -2.51. The third kappa shape index (κ3) is 2.46. The van der Waals surface area contributed by atoms with E-state index < -0.39 is 29.0 Å². The summed E-state index contributed by atoms with van der Waals surface area (Å²) in [4.78, 5) is 0. The molecule has 0 aromatic heterocycles. The van der Waals surface area contributed by atoms with Crippen molar-refractivity contribution in [1.29, 1.82) is 21.2 Å². The second-order valence-electron chi connectivity index (χ2n) is 6.11. The highest BCUT2D eigenvalue weighted by Gasteiger charge is 2.56. The van der Waals surface area contributed by atoms with Crippen LogP contribution in [0.5, 0.6) is 0 Å². The van der Waals surface area contributed by atoms with Crippen molar-refractivity contribution < 1.29 is 4.39 Å². The number of benzene rings is 1. The molecule has 25 heavy (non-hydrogen) atoms. The third-order valence-electron chi connectivity index (χ3n) is 4.96. The average Bonchev–Trinajstić information content (AvgIpc) is 2.63. The third-order valence-corrected chi connectivity index (χ3v) is 5.46. The number of nitriles is 3. The van der Waals surface area contributed by atoms with Crippen LogP contribution in [0.1, 0.15) is 11.5 Å². The van der Waals surface area contributed by atoms with Crippen molar-refractivity contribution in [3.05, 3.63) is 45.7 Å². The first-order valence-electron chi connectivity index (χ1n) is 7.67. The number of fused-ring (bicyclic) bond motifs is 1. The largest absolute Gasteiger partial charge is 0.313 e. The SMILES string of the molecule is N#CC1C(=N)C(C#N)(C#N)C2=CCNCC2C1c1cc(Br)ccc1F. The molecule has 3 unspecified atom stereocenters. The van der Waals surface area contributed by atoms with Crippen LogP contribution in [0, 0.1) is 62.5 Å². The summed E-state index contributed by atoms with van der Waals surface area (Å²) in [5.41, 5.74) is -1.22. The van der Waals surface area contributed by atoms with Gasteiger partial charge in [-0.1, -0.05) is 22.0 Å². The van der Waals surface area contributed by atoms with Crippen LogP contribution in [-0.2, 0) is 0 Å². The summed E-state index contributed by atoms with van der Waals surface area (Å²) in [5, 5.41) is 40.6. The quantitative estimate of drug-likeness (QED) is 0.709. The summed E-state index contributed by atoms with van der Waals surface area (Å²) in [6.07, 6.45) is 1.73. The van der Waals surface area contributed by atoms with Crippen LogP contribution < -0.4 is 5.32 Å². The van der Waals surface area contributed by atoms with Crippen LogP contribution in [0.3, 0.4) is 0 Å². The molecule has 0 radical (unpaired) electrons. The maximum absolute atomic E-state index is 14.5. The molecule has 5 nitrogen and oxygen atoms in total. The number of hydrogen-bond acceptors (Lipinski definition) is 5. The normalized spacial score (nSPS) is 27.2. The van der Waals surface area contributed by atoms with Gasteiger partial charge in [0.25, 0.3) is 0 Å². The summed E-state index contributed by atoms with van der Waals surface area (Å²) in [6.45, 7) is 0.883. The molecule has 124 valence electrons. The van der Waals surface area contributed by atoms with Gasteiger partial charge in [0, 0.05) is 29.4 Å². The molecule has 3 atom stereocenters. The topological polar surface area (TPSA) is 107 Å². The minimum atomic E-state index is -1.76. The van der Waals surface area contributed by atoms with E-state index in [4.69, 9.17) is 5.41 Å². The van der Waals surface area contributed by atoms with Crippen molar-refractivity contribution in [3.63, 3.8) is 0 Å². The van der Waals surface area contributed by atoms with Crippen LogP contribution in [-0.4, -0.2) is 18.8 Å². The van der Waals surface area contributed by atoms with E-state index in [2.05, 4.69) is 21.2 Å². The molecule has 0 saturated heterocycles. The molecule has 2 aliphatic rings. The highest BCUT2D eigenvalue weighted by Crippen LogP contribution is 2.52. The van der Waals surface area contributed by atoms with Crippen LogP contribution in [0.2, 0.25) is 0 Å². The lowest BCUT2D eigenvalue weighted by Gasteiger charge is -2.45. The molecule has 2 N–H and O–H groups in total. The van der Waals surface area contributed by atoms with Gasteiger partial charge in [0.05, 0.1) is 29.8 Å². The Morgan fingerprint density at radius 2 is 2.00 bits per heavy atom. The Bertz CT molecular complexity index is 888. The van der Waals surface area contributed by atoms with E-state index in [1.54, 1.807) is 18.2 Å². The molecule has 3 rings (SSSR count). The minimum absolute atomic E-state index is 0.270. The van der Waals surface area contributed by atoms with E-state index in [0.717, 1.165) is 0 Å². The van der Waals surface area contributed by atoms with Gasteiger partial charge in [-0.25, -0.2) is 4.39 Å². The summed E-state index contributed by atoms with van der Waals surface area (Å²) < 4.78 is 15.2. The van der Waals surface area contributed by atoms with Gasteiger partial charge in [-0.05, 0) is 29.3 Å². The first kappa shape index (κ1) is 17.3. The second-order valence-corrected chi connectivity index (χ2v) is 7.03. The molecule has 1 aromatic rings. The number of halogens is 2. The minimum Gasteiger partial charge on any atom is -0.313 e. The Morgan fingerprint density at radius 3 is 2.64 bits per heavy atom. The van der Waals surface area contributed by atoms with Crippen molar-refractivity contribution >= 4 is 21.6 Å². The van der Waals surface area contributed by atoms with Crippen molar-refractivity contribution in [2.24, 2.45) is 17.3 Å². The molecule has 0 spiro atoms. The predicted octanol–water partition coefficient (Wildman–Crippen LogP) is 3.02. The maximum Gasteiger partial charge on any atom is 0.203 e. The number of hydrogen-bond donors (Lipinski definition) is 2. The van der Waals surface area contributed by atoms with Gasteiger partial charge in [-0.2, -0.15) is 15.8 Å². The lowest BCUT2D eigenvalue weighted by atomic mass is 9.55. The summed E-state index contributed by atoms with van der Waals surface area (Å²) in [7, 11) is 0. The molecule has 1 aliphatic carbocycles. The van der Waals surface area contributed by atoms with Gasteiger partial charge in [0.1, 0.15) is 5.82 Å². The van der Waals surface area contributed by atoms with Gasteiger partial charge in [0.2, 0.25) is 5.41 Å². The molecule has 1 aliphatic heterocycles. The second kappa shape index (κ2) is 6.41. The molecule has 0 amide bonds. The van der Waals surface area contributed by atoms with E-state index in [0.29, 0.717) is 28.7 Å². The van der Waals surface area contributed by atoms with Crippen LogP contribution in [0.4, 0.5) is 4.39 Å².